The van der Waals surface area contributed by atoms with Gasteiger partial charge in [-0.3, -0.25) is 0 Å². The molecule has 0 bridgehead atoms. The molecule has 1 aromatic carbocycles. The van der Waals surface area contributed by atoms with Crippen LogP contribution >= 0.6 is 0 Å². The Bertz CT molecular complexity index is 339. The molecule has 0 spiro atoms. The normalized spacial score (nSPS) is 10.1. The predicted molar refractivity (Wildman–Crippen MR) is 61.2 cm³/mol. The van der Waals surface area contributed by atoms with Gasteiger partial charge in [0.05, 0.1) is 12.7 Å². The van der Waals surface area contributed by atoms with E-state index < -0.39 is 0 Å². The van der Waals surface area contributed by atoms with Crippen molar-refractivity contribution in [3.05, 3.63) is 35.4 Å². The van der Waals surface area contributed by atoms with Crippen molar-refractivity contribution < 1.29 is 14.6 Å². The second-order valence-corrected chi connectivity index (χ2v) is 3.40. The number of aliphatic hydroxyl groups excluding tert-OH is 1. The lowest BCUT2D eigenvalue weighted by Crippen LogP contribution is -2.18. The van der Waals surface area contributed by atoms with Crippen molar-refractivity contribution in [2.75, 3.05) is 20.3 Å². The molecule has 0 heterocycles. The summed E-state index contributed by atoms with van der Waals surface area (Å²) in [6, 6.07) is 7.33. The Labute approximate surface area is 95.2 Å². The first-order valence-corrected chi connectivity index (χ1v) is 5.27. The number of aliphatic hydroxyl groups is 1. The van der Waals surface area contributed by atoms with E-state index in [0.717, 1.165) is 12.1 Å². The number of carbonyl (C=O) groups excluding carboxylic acids is 1. The first kappa shape index (κ1) is 12.7. The highest BCUT2D eigenvalue weighted by molar-refractivity contribution is 5.90. The van der Waals surface area contributed by atoms with E-state index in [0.29, 0.717) is 18.5 Å². The van der Waals surface area contributed by atoms with Crippen LogP contribution in [0.25, 0.3) is 0 Å². The maximum Gasteiger partial charge on any atom is 0.338 e. The molecular formula is C12H17NO3. The van der Waals surface area contributed by atoms with Crippen LogP contribution in [0.4, 0.5) is 0 Å². The van der Waals surface area contributed by atoms with Gasteiger partial charge < -0.3 is 15.2 Å². The summed E-state index contributed by atoms with van der Waals surface area (Å²) < 4.78 is 4.70. The number of carbonyl (C=O) groups is 1. The number of methoxy groups -OCH3 is 1. The van der Waals surface area contributed by atoms with Crippen LogP contribution in [0.15, 0.2) is 24.3 Å². The summed E-state index contributed by atoms with van der Waals surface area (Å²) in [5, 5.41) is 11.8. The van der Waals surface area contributed by atoms with Crippen LogP contribution in [0.2, 0.25) is 0 Å². The highest BCUT2D eigenvalue weighted by atomic mass is 16.5. The van der Waals surface area contributed by atoms with Gasteiger partial charge in [-0.15, -0.1) is 0 Å². The maximum atomic E-state index is 11.4. The second kappa shape index (κ2) is 6.98. The van der Waals surface area contributed by atoms with Crippen molar-refractivity contribution in [2.45, 2.75) is 13.0 Å². The average Bonchev–Trinajstić information content (AvgIpc) is 2.34. The molecule has 0 aliphatic rings. The monoisotopic (exact) mass is 223 g/mol. The van der Waals surface area contributed by atoms with Crippen LogP contribution in [0.3, 0.4) is 0 Å². The van der Waals surface area contributed by atoms with Gasteiger partial charge >= 0.3 is 5.97 Å². The number of esters is 1. The standard InChI is InChI=1S/C12H17NO3/c1-16-12(15)11-6-3-2-5-10(11)9-13-7-4-8-14/h2-3,5-6,13-14H,4,7-9H2,1H3. The van der Waals surface area contributed by atoms with E-state index in [9.17, 15) is 4.79 Å². The van der Waals surface area contributed by atoms with E-state index in [-0.39, 0.29) is 12.6 Å². The molecule has 0 saturated carbocycles. The Morgan fingerprint density at radius 3 is 2.88 bits per heavy atom. The Morgan fingerprint density at radius 1 is 1.44 bits per heavy atom. The molecule has 1 rings (SSSR count). The largest absolute Gasteiger partial charge is 0.465 e. The Morgan fingerprint density at radius 2 is 2.19 bits per heavy atom. The molecule has 0 saturated heterocycles. The van der Waals surface area contributed by atoms with Gasteiger partial charge in [-0.05, 0) is 24.6 Å². The Kier molecular flexibility index (Phi) is 5.53. The maximum absolute atomic E-state index is 11.4. The van der Waals surface area contributed by atoms with E-state index >= 15 is 0 Å². The van der Waals surface area contributed by atoms with Gasteiger partial charge in [0.25, 0.3) is 0 Å². The van der Waals surface area contributed by atoms with Crippen LogP contribution in [-0.2, 0) is 11.3 Å². The van der Waals surface area contributed by atoms with Crippen LogP contribution in [0.1, 0.15) is 22.3 Å². The van der Waals surface area contributed by atoms with E-state index in [1.807, 2.05) is 18.2 Å². The third-order valence-electron chi connectivity index (χ3n) is 2.25. The first-order chi connectivity index (χ1) is 7.79. The average molecular weight is 223 g/mol. The molecule has 2 N–H and O–H groups in total. The van der Waals surface area contributed by atoms with E-state index in [1.54, 1.807) is 6.07 Å². The quantitative estimate of drug-likeness (QED) is 0.557. The van der Waals surface area contributed by atoms with Crippen molar-refractivity contribution in [1.29, 1.82) is 0 Å². The van der Waals surface area contributed by atoms with Gasteiger partial charge in [-0.1, -0.05) is 18.2 Å². The summed E-state index contributed by atoms with van der Waals surface area (Å²) in [5.41, 5.74) is 1.49. The first-order valence-electron chi connectivity index (χ1n) is 5.27. The number of hydrogen-bond acceptors (Lipinski definition) is 4. The van der Waals surface area contributed by atoms with Crippen molar-refractivity contribution in [1.82, 2.24) is 5.32 Å². The summed E-state index contributed by atoms with van der Waals surface area (Å²) in [5.74, 6) is -0.320. The number of nitrogens with one attached hydrogen (secondary N) is 1. The highest BCUT2D eigenvalue weighted by Crippen LogP contribution is 2.09. The number of hydrogen-bond donors (Lipinski definition) is 2. The molecular weight excluding hydrogens is 206 g/mol. The molecule has 0 atom stereocenters. The summed E-state index contributed by atoms with van der Waals surface area (Å²) in [6.07, 6.45) is 0.709. The van der Waals surface area contributed by atoms with Crippen LogP contribution in [0, 0.1) is 0 Å². The van der Waals surface area contributed by atoms with E-state index in [1.165, 1.54) is 7.11 Å². The van der Waals surface area contributed by atoms with Crippen molar-refractivity contribution in [3.63, 3.8) is 0 Å². The van der Waals surface area contributed by atoms with Crippen LogP contribution in [-0.4, -0.2) is 31.3 Å². The molecule has 0 aliphatic carbocycles. The van der Waals surface area contributed by atoms with Crippen molar-refractivity contribution >= 4 is 5.97 Å². The fourth-order valence-corrected chi connectivity index (χ4v) is 1.41. The molecule has 16 heavy (non-hydrogen) atoms. The van der Waals surface area contributed by atoms with Gasteiger partial charge in [-0.2, -0.15) is 0 Å². The van der Waals surface area contributed by atoms with Gasteiger partial charge in [0.1, 0.15) is 0 Å². The molecule has 0 amide bonds. The van der Waals surface area contributed by atoms with E-state index in [2.05, 4.69) is 5.32 Å². The molecule has 0 aromatic heterocycles. The fourth-order valence-electron chi connectivity index (χ4n) is 1.41. The summed E-state index contributed by atoms with van der Waals surface area (Å²) in [7, 11) is 1.37. The van der Waals surface area contributed by atoms with E-state index in [4.69, 9.17) is 9.84 Å². The molecule has 0 fully saturated rings. The topological polar surface area (TPSA) is 58.6 Å². The molecule has 88 valence electrons. The summed E-state index contributed by atoms with van der Waals surface area (Å²) in [6.45, 7) is 1.50. The molecule has 4 nitrogen and oxygen atoms in total. The second-order valence-electron chi connectivity index (χ2n) is 3.40. The summed E-state index contributed by atoms with van der Waals surface area (Å²) in [4.78, 5) is 11.4. The molecule has 1 aromatic rings. The van der Waals surface area contributed by atoms with Crippen molar-refractivity contribution in [3.8, 4) is 0 Å². The Hall–Kier alpha value is -1.39. The minimum absolute atomic E-state index is 0.172. The SMILES string of the molecule is COC(=O)c1ccccc1CNCCCO. The van der Waals surface area contributed by atoms with Gasteiger partial charge in [0, 0.05) is 13.2 Å². The zero-order valence-electron chi connectivity index (χ0n) is 9.40. The molecule has 0 unspecified atom stereocenters. The highest BCUT2D eigenvalue weighted by Gasteiger charge is 2.09. The zero-order chi connectivity index (χ0) is 11.8. The predicted octanol–water partition coefficient (Wildman–Crippen LogP) is 0.945. The minimum atomic E-state index is -0.320. The minimum Gasteiger partial charge on any atom is -0.465 e. The zero-order valence-corrected chi connectivity index (χ0v) is 9.40. The lowest BCUT2D eigenvalue weighted by atomic mass is 10.1. The fraction of sp³-hybridized carbons (Fsp3) is 0.417. The van der Waals surface area contributed by atoms with Gasteiger partial charge in [0.2, 0.25) is 0 Å². The van der Waals surface area contributed by atoms with Crippen molar-refractivity contribution in [2.24, 2.45) is 0 Å². The molecule has 4 heteroatoms. The molecule has 0 radical (unpaired) electrons. The smallest absolute Gasteiger partial charge is 0.338 e. The third kappa shape index (κ3) is 3.64. The lowest BCUT2D eigenvalue weighted by molar-refractivity contribution is 0.0599. The summed E-state index contributed by atoms with van der Waals surface area (Å²) >= 11 is 0. The third-order valence-corrected chi connectivity index (χ3v) is 2.25. The van der Waals surface area contributed by atoms with Crippen LogP contribution < -0.4 is 5.32 Å². The number of ether oxygens (including phenoxy) is 1. The number of benzene rings is 1. The number of rotatable bonds is 6. The van der Waals surface area contributed by atoms with Gasteiger partial charge in [0.15, 0.2) is 0 Å². The van der Waals surface area contributed by atoms with Crippen LogP contribution in [0.5, 0.6) is 0 Å². The Balaban J connectivity index is 2.60. The lowest BCUT2D eigenvalue weighted by Gasteiger charge is -2.08. The van der Waals surface area contributed by atoms with Gasteiger partial charge in [-0.25, -0.2) is 4.79 Å². The molecule has 0 aliphatic heterocycles.